The largest absolute Gasteiger partial charge is 0.0619 e. The summed E-state index contributed by atoms with van der Waals surface area (Å²) in [6.07, 6.45) is 0. The first-order valence-electron chi connectivity index (χ1n) is 17.3. The van der Waals surface area contributed by atoms with Crippen molar-refractivity contribution < 1.29 is 0 Å². The van der Waals surface area contributed by atoms with E-state index in [9.17, 15) is 0 Å². The minimum Gasteiger partial charge on any atom is -0.0619 e. The number of rotatable bonds is 3. The van der Waals surface area contributed by atoms with Crippen molar-refractivity contribution in [2.24, 2.45) is 0 Å². The van der Waals surface area contributed by atoms with Crippen LogP contribution in [0.3, 0.4) is 0 Å². The number of hydrogen-bond donors (Lipinski definition) is 0. The fourth-order valence-corrected chi connectivity index (χ4v) is 8.70. The van der Waals surface area contributed by atoms with Crippen molar-refractivity contribution in [3.8, 4) is 44.5 Å². The smallest absolute Gasteiger partial charge is 0.0159 e. The lowest BCUT2D eigenvalue weighted by Gasteiger charge is -2.22. The fourth-order valence-electron chi connectivity index (χ4n) is 8.70. The summed E-state index contributed by atoms with van der Waals surface area (Å²) in [5.41, 5.74) is 13.1. The molecule has 49 heavy (non-hydrogen) atoms. The predicted octanol–water partition coefficient (Wildman–Crippen LogP) is 13.6. The molecule has 0 saturated carbocycles. The molecule has 0 heterocycles. The summed E-state index contributed by atoms with van der Waals surface area (Å²) in [7, 11) is 0. The first-order valence-corrected chi connectivity index (χ1v) is 17.3. The van der Waals surface area contributed by atoms with Gasteiger partial charge in [-0.1, -0.05) is 172 Å². The highest BCUT2D eigenvalue weighted by atomic mass is 14.4. The molecule has 0 atom stereocenters. The monoisotopic (exact) mass is 622 g/mol. The van der Waals surface area contributed by atoms with Gasteiger partial charge in [0.25, 0.3) is 0 Å². The topological polar surface area (TPSA) is 0 Å². The second-order valence-corrected chi connectivity index (χ2v) is 14.0. The molecule has 10 rings (SSSR count). The van der Waals surface area contributed by atoms with E-state index in [1.54, 1.807) is 0 Å². The van der Waals surface area contributed by atoms with Crippen LogP contribution in [-0.2, 0) is 5.41 Å². The Kier molecular flexibility index (Phi) is 6.02. The summed E-state index contributed by atoms with van der Waals surface area (Å²) in [4.78, 5) is 0. The van der Waals surface area contributed by atoms with E-state index in [2.05, 4.69) is 184 Å². The Balaban J connectivity index is 1.16. The van der Waals surface area contributed by atoms with Crippen molar-refractivity contribution in [3.05, 3.63) is 181 Å². The van der Waals surface area contributed by atoms with E-state index in [1.165, 1.54) is 98.7 Å². The lowest BCUT2D eigenvalue weighted by molar-refractivity contribution is 0.660. The second-order valence-electron chi connectivity index (χ2n) is 14.0. The molecule has 0 nitrogen and oxygen atoms in total. The Morgan fingerprint density at radius 1 is 0.286 bits per heavy atom. The van der Waals surface area contributed by atoms with Gasteiger partial charge in [-0.25, -0.2) is 0 Å². The minimum atomic E-state index is -0.0330. The zero-order valence-corrected chi connectivity index (χ0v) is 27.7. The molecule has 230 valence electrons. The number of fused-ring (bicyclic) bond motifs is 8. The van der Waals surface area contributed by atoms with E-state index < -0.39 is 0 Å². The normalized spacial score (nSPS) is 13.3. The zero-order chi connectivity index (χ0) is 32.7. The van der Waals surface area contributed by atoms with Gasteiger partial charge in [0.2, 0.25) is 0 Å². The Labute approximate surface area is 286 Å². The highest BCUT2D eigenvalue weighted by Gasteiger charge is 2.35. The van der Waals surface area contributed by atoms with E-state index in [1.807, 2.05) is 0 Å². The molecule has 0 spiro atoms. The second kappa shape index (κ2) is 10.5. The molecule has 1 aliphatic carbocycles. The first-order chi connectivity index (χ1) is 24.1. The molecule has 0 radical (unpaired) electrons. The maximum Gasteiger partial charge on any atom is 0.0159 e. The lowest BCUT2D eigenvalue weighted by atomic mass is 9.81. The molecule has 0 amide bonds. The summed E-state index contributed by atoms with van der Waals surface area (Å²) in [5, 5.41) is 10.2. The van der Waals surface area contributed by atoms with Crippen LogP contribution in [0.15, 0.2) is 170 Å². The highest BCUT2D eigenvalue weighted by Crippen LogP contribution is 2.50. The summed E-state index contributed by atoms with van der Waals surface area (Å²) >= 11 is 0. The van der Waals surface area contributed by atoms with Crippen molar-refractivity contribution in [2.45, 2.75) is 19.3 Å². The van der Waals surface area contributed by atoms with E-state index in [4.69, 9.17) is 0 Å². The average molecular weight is 623 g/mol. The van der Waals surface area contributed by atoms with Gasteiger partial charge in [0.1, 0.15) is 0 Å². The van der Waals surface area contributed by atoms with Gasteiger partial charge in [0.15, 0.2) is 0 Å². The Morgan fingerprint density at radius 2 is 0.714 bits per heavy atom. The van der Waals surface area contributed by atoms with Gasteiger partial charge in [-0.2, -0.15) is 0 Å². The SMILES string of the molecule is CC1(C)c2ccccc2-c2ccc(-c3ccc(-c4ccc(-c5cc6ccccc6c6ccccc56)c5ccccc45)c4ccccc34)cc21. The summed E-state index contributed by atoms with van der Waals surface area (Å²) in [6.45, 7) is 4.72. The van der Waals surface area contributed by atoms with E-state index in [0.717, 1.165) is 0 Å². The van der Waals surface area contributed by atoms with Crippen LogP contribution in [0.1, 0.15) is 25.0 Å². The molecule has 9 aromatic carbocycles. The summed E-state index contributed by atoms with van der Waals surface area (Å²) in [6, 6.07) is 63.2. The average Bonchev–Trinajstić information content (AvgIpc) is 3.39. The number of hydrogen-bond acceptors (Lipinski definition) is 0. The Morgan fingerprint density at radius 3 is 1.37 bits per heavy atom. The molecule has 0 fully saturated rings. The van der Waals surface area contributed by atoms with Crippen LogP contribution in [0, 0.1) is 0 Å². The van der Waals surface area contributed by atoms with Crippen molar-refractivity contribution in [1.29, 1.82) is 0 Å². The Bertz CT molecular complexity index is 2800. The molecule has 0 aromatic heterocycles. The van der Waals surface area contributed by atoms with Crippen LogP contribution < -0.4 is 0 Å². The van der Waals surface area contributed by atoms with E-state index in [-0.39, 0.29) is 5.41 Å². The lowest BCUT2D eigenvalue weighted by Crippen LogP contribution is -2.14. The maximum absolute atomic E-state index is 2.44. The maximum atomic E-state index is 2.44. The van der Waals surface area contributed by atoms with Crippen molar-refractivity contribution in [2.75, 3.05) is 0 Å². The van der Waals surface area contributed by atoms with Crippen molar-refractivity contribution >= 4 is 43.1 Å². The van der Waals surface area contributed by atoms with Crippen molar-refractivity contribution in [1.82, 2.24) is 0 Å². The first kappa shape index (κ1) is 28.1. The molecule has 1 aliphatic rings. The quantitative estimate of drug-likeness (QED) is 0.172. The fraction of sp³-hybridized carbons (Fsp3) is 0.0612. The van der Waals surface area contributed by atoms with Crippen LogP contribution in [0.2, 0.25) is 0 Å². The van der Waals surface area contributed by atoms with Gasteiger partial charge in [0, 0.05) is 5.41 Å². The molecular weight excluding hydrogens is 589 g/mol. The number of benzene rings is 9. The van der Waals surface area contributed by atoms with Gasteiger partial charge >= 0.3 is 0 Å². The molecule has 9 aromatic rings. The minimum absolute atomic E-state index is 0.0330. The van der Waals surface area contributed by atoms with Crippen molar-refractivity contribution in [3.63, 3.8) is 0 Å². The zero-order valence-electron chi connectivity index (χ0n) is 27.7. The standard InChI is InChI=1S/C49H34/c1-49(2)47-22-12-11-21-44(47)45-24-23-32(30-48(45)49)34-25-26-41(37-17-7-5-16-36(34)37)42-27-28-43(39-19-9-8-18-38(39)42)46-29-31-13-3-4-14-33(31)35-15-6-10-20-40(35)46/h3-30H,1-2H3. The molecule has 0 unspecified atom stereocenters. The third kappa shape index (κ3) is 4.11. The van der Waals surface area contributed by atoms with Crippen LogP contribution in [0.25, 0.3) is 87.6 Å². The molecule has 0 bridgehead atoms. The predicted molar refractivity (Wildman–Crippen MR) is 210 cm³/mol. The summed E-state index contributed by atoms with van der Waals surface area (Å²) in [5.74, 6) is 0. The van der Waals surface area contributed by atoms with Gasteiger partial charge in [-0.3, -0.25) is 0 Å². The molecule has 0 heteroatoms. The summed E-state index contributed by atoms with van der Waals surface area (Å²) < 4.78 is 0. The Hall–Kier alpha value is -5.98. The van der Waals surface area contributed by atoms with E-state index >= 15 is 0 Å². The van der Waals surface area contributed by atoms with Crippen LogP contribution in [0.5, 0.6) is 0 Å². The van der Waals surface area contributed by atoms with Crippen LogP contribution in [-0.4, -0.2) is 0 Å². The van der Waals surface area contributed by atoms with Crippen LogP contribution >= 0.6 is 0 Å². The van der Waals surface area contributed by atoms with Gasteiger partial charge < -0.3 is 0 Å². The molecular formula is C49H34. The van der Waals surface area contributed by atoms with Crippen LogP contribution in [0.4, 0.5) is 0 Å². The molecule has 0 N–H and O–H groups in total. The molecule has 0 aliphatic heterocycles. The highest BCUT2D eigenvalue weighted by molar-refractivity contribution is 6.18. The van der Waals surface area contributed by atoms with Gasteiger partial charge in [-0.15, -0.1) is 0 Å². The molecule has 0 saturated heterocycles. The third-order valence-electron chi connectivity index (χ3n) is 11.1. The van der Waals surface area contributed by atoms with E-state index in [0.29, 0.717) is 0 Å². The van der Waals surface area contributed by atoms with Gasteiger partial charge in [0.05, 0.1) is 0 Å². The third-order valence-corrected chi connectivity index (χ3v) is 11.1. The van der Waals surface area contributed by atoms with Gasteiger partial charge in [-0.05, 0) is 111 Å².